The summed E-state index contributed by atoms with van der Waals surface area (Å²) in [5.41, 5.74) is 4.58. The van der Waals surface area contributed by atoms with Crippen molar-refractivity contribution in [3.05, 3.63) is 130 Å². The summed E-state index contributed by atoms with van der Waals surface area (Å²) in [5.74, 6) is -0.109. The van der Waals surface area contributed by atoms with Crippen molar-refractivity contribution in [2.75, 3.05) is 0 Å². The van der Waals surface area contributed by atoms with Crippen molar-refractivity contribution in [1.29, 1.82) is 0 Å². The molecule has 6 heteroatoms. The van der Waals surface area contributed by atoms with Crippen LogP contribution in [0.4, 0.5) is 0 Å². The van der Waals surface area contributed by atoms with Crippen molar-refractivity contribution < 1.29 is 23.8 Å². The van der Waals surface area contributed by atoms with E-state index in [-0.39, 0.29) is 17.9 Å². The van der Waals surface area contributed by atoms with E-state index in [0.717, 1.165) is 22.3 Å². The summed E-state index contributed by atoms with van der Waals surface area (Å²) in [5, 5.41) is 11.4. The molecular weight excluding hydrogens is 490 g/mol. The molecule has 3 aromatic carbocycles. The van der Waals surface area contributed by atoms with Crippen LogP contribution in [-0.4, -0.2) is 21.7 Å². The number of likely N-dealkylation sites (tertiary alicyclic amines) is 1. The van der Waals surface area contributed by atoms with Gasteiger partial charge in [0.25, 0.3) is 11.7 Å². The highest BCUT2D eigenvalue weighted by Crippen LogP contribution is 2.40. The van der Waals surface area contributed by atoms with E-state index in [1.54, 1.807) is 36.4 Å². The number of rotatable bonds is 8. The highest BCUT2D eigenvalue weighted by Gasteiger charge is 2.46. The minimum Gasteiger partial charge on any atom is -0.507 e. The van der Waals surface area contributed by atoms with E-state index in [9.17, 15) is 14.7 Å². The Kier molecular flexibility index (Phi) is 7.37. The first-order valence-corrected chi connectivity index (χ1v) is 13.0. The Morgan fingerprint density at radius 2 is 1.72 bits per heavy atom. The third-order valence-electron chi connectivity index (χ3n) is 6.98. The zero-order valence-electron chi connectivity index (χ0n) is 22.3. The Morgan fingerprint density at radius 1 is 0.974 bits per heavy atom. The summed E-state index contributed by atoms with van der Waals surface area (Å²) < 4.78 is 11.4. The number of ketones is 1. The molecule has 198 valence electrons. The minimum absolute atomic E-state index is 0.0530. The number of hydrogen-bond donors (Lipinski definition) is 1. The lowest BCUT2D eigenvalue weighted by Gasteiger charge is -2.25. The molecule has 0 bridgehead atoms. The zero-order valence-corrected chi connectivity index (χ0v) is 22.3. The van der Waals surface area contributed by atoms with Crippen LogP contribution in [0.3, 0.4) is 0 Å². The normalized spacial score (nSPS) is 16.7. The van der Waals surface area contributed by atoms with Crippen molar-refractivity contribution in [2.45, 2.75) is 45.9 Å². The third kappa shape index (κ3) is 5.50. The van der Waals surface area contributed by atoms with Gasteiger partial charge in [0.05, 0.1) is 24.4 Å². The van der Waals surface area contributed by atoms with E-state index >= 15 is 0 Å². The maximum absolute atomic E-state index is 13.3. The van der Waals surface area contributed by atoms with Crippen LogP contribution in [0.5, 0.6) is 5.75 Å². The van der Waals surface area contributed by atoms with Gasteiger partial charge in [0.2, 0.25) is 0 Å². The molecule has 0 unspecified atom stereocenters. The third-order valence-corrected chi connectivity index (χ3v) is 6.98. The maximum atomic E-state index is 13.3. The molecule has 1 aromatic heterocycles. The molecule has 6 nitrogen and oxygen atoms in total. The second kappa shape index (κ2) is 11.0. The average molecular weight is 522 g/mol. The minimum atomic E-state index is -0.756. The Labute approximate surface area is 228 Å². The first-order valence-electron chi connectivity index (χ1n) is 13.0. The zero-order chi connectivity index (χ0) is 27.5. The molecule has 1 aliphatic heterocycles. The number of benzene rings is 3. The number of aliphatic hydroxyl groups excluding tert-OH is 1. The van der Waals surface area contributed by atoms with Crippen LogP contribution in [0.1, 0.15) is 59.4 Å². The summed E-state index contributed by atoms with van der Waals surface area (Å²) in [6, 6.07) is 25.5. The fourth-order valence-electron chi connectivity index (χ4n) is 4.86. The lowest BCUT2D eigenvalue weighted by molar-refractivity contribution is -0.140. The van der Waals surface area contributed by atoms with Crippen molar-refractivity contribution in [1.82, 2.24) is 4.90 Å². The average Bonchev–Trinajstić information content (AvgIpc) is 3.54. The summed E-state index contributed by atoms with van der Waals surface area (Å²) >= 11 is 0. The van der Waals surface area contributed by atoms with Crippen LogP contribution in [0.2, 0.25) is 0 Å². The van der Waals surface area contributed by atoms with Gasteiger partial charge in [-0.25, -0.2) is 0 Å². The van der Waals surface area contributed by atoms with Crippen molar-refractivity contribution >= 4 is 17.4 Å². The molecule has 39 heavy (non-hydrogen) atoms. The predicted octanol–water partition coefficient (Wildman–Crippen LogP) is 6.91. The van der Waals surface area contributed by atoms with E-state index in [1.165, 1.54) is 11.2 Å². The summed E-state index contributed by atoms with van der Waals surface area (Å²) in [6.45, 7) is 6.76. The number of carbonyl (C=O) groups is 2. The number of amides is 1. The largest absolute Gasteiger partial charge is 0.507 e. The number of carbonyl (C=O) groups excluding carboxylic acids is 2. The molecule has 0 radical (unpaired) electrons. The first kappa shape index (κ1) is 26.0. The second-order valence-corrected chi connectivity index (χ2v) is 10.1. The number of aliphatic hydroxyl groups is 1. The molecule has 2 heterocycles. The van der Waals surface area contributed by atoms with Gasteiger partial charge in [-0.05, 0) is 65.9 Å². The number of hydrogen-bond acceptors (Lipinski definition) is 5. The van der Waals surface area contributed by atoms with Gasteiger partial charge in [-0.15, -0.1) is 0 Å². The van der Waals surface area contributed by atoms with E-state index in [2.05, 4.69) is 19.9 Å². The summed E-state index contributed by atoms with van der Waals surface area (Å²) in [4.78, 5) is 28.0. The van der Waals surface area contributed by atoms with Crippen LogP contribution in [0.25, 0.3) is 5.76 Å². The standard InChI is InChI=1S/C33H31NO5/c1-21(2)24-9-11-25(12-10-24)30-29(32(36)33(37)34(30)19-28-8-5-17-38-28)31(35)26-13-15-27(16-14-26)39-20-23-7-4-6-22(3)18-23/h4-18,21,30,35H,19-20H2,1-3H3/b31-29+/t30-/m1/s1. The Hall–Kier alpha value is -4.58. The molecule has 1 saturated heterocycles. The van der Waals surface area contributed by atoms with E-state index in [1.807, 2.05) is 49.4 Å². The van der Waals surface area contributed by atoms with Crippen LogP contribution in [-0.2, 0) is 22.7 Å². The van der Waals surface area contributed by atoms with Crippen molar-refractivity contribution in [3.8, 4) is 5.75 Å². The Balaban J connectivity index is 1.47. The van der Waals surface area contributed by atoms with Crippen molar-refractivity contribution in [3.63, 3.8) is 0 Å². The topological polar surface area (TPSA) is 80.0 Å². The molecule has 0 saturated carbocycles. The van der Waals surface area contributed by atoms with Crippen LogP contribution in [0, 0.1) is 6.92 Å². The Bertz CT molecular complexity index is 1500. The number of ether oxygens (including phenoxy) is 1. The highest BCUT2D eigenvalue weighted by atomic mass is 16.5. The van der Waals surface area contributed by atoms with Gasteiger partial charge in [0, 0.05) is 5.56 Å². The molecule has 1 N–H and O–H groups in total. The lowest BCUT2D eigenvalue weighted by Crippen LogP contribution is -2.29. The molecule has 0 spiro atoms. The predicted molar refractivity (Wildman–Crippen MR) is 149 cm³/mol. The number of furan rings is 1. The maximum Gasteiger partial charge on any atom is 0.296 e. The van der Waals surface area contributed by atoms with Gasteiger partial charge in [-0.3, -0.25) is 9.59 Å². The highest BCUT2D eigenvalue weighted by molar-refractivity contribution is 6.46. The summed E-state index contributed by atoms with van der Waals surface area (Å²) in [6.07, 6.45) is 1.53. The fourth-order valence-corrected chi connectivity index (χ4v) is 4.86. The van der Waals surface area contributed by atoms with Crippen LogP contribution >= 0.6 is 0 Å². The second-order valence-electron chi connectivity index (χ2n) is 10.1. The van der Waals surface area contributed by atoms with Gasteiger partial charge in [-0.1, -0.05) is 67.9 Å². The number of aryl methyl sites for hydroxylation is 1. The molecule has 1 aliphatic rings. The van der Waals surface area contributed by atoms with Crippen LogP contribution in [0.15, 0.2) is 101 Å². The molecular formula is C33H31NO5. The first-order chi connectivity index (χ1) is 18.8. The lowest BCUT2D eigenvalue weighted by atomic mass is 9.93. The fraction of sp³-hybridized carbons (Fsp3) is 0.212. The number of nitrogens with zero attached hydrogens (tertiary/aromatic N) is 1. The van der Waals surface area contributed by atoms with Crippen molar-refractivity contribution in [2.24, 2.45) is 0 Å². The number of Topliss-reactive ketones (excluding diaryl/α,β-unsaturated/α-hetero) is 1. The van der Waals surface area contributed by atoms with E-state index < -0.39 is 17.7 Å². The molecule has 1 atom stereocenters. The van der Waals surface area contributed by atoms with Gasteiger partial charge in [0.1, 0.15) is 23.9 Å². The summed E-state index contributed by atoms with van der Waals surface area (Å²) in [7, 11) is 0. The Morgan fingerprint density at radius 3 is 2.36 bits per heavy atom. The molecule has 5 rings (SSSR count). The SMILES string of the molecule is Cc1cccc(COc2ccc(/C(O)=C3\C(=O)C(=O)N(Cc4ccco4)[C@@H]3c3ccc(C(C)C)cc3)cc2)c1. The van der Waals surface area contributed by atoms with E-state index in [4.69, 9.17) is 9.15 Å². The van der Waals surface area contributed by atoms with Gasteiger partial charge in [-0.2, -0.15) is 0 Å². The quantitative estimate of drug-likeness (QED) is 0.155. The van der Waals surface area contributed by atoms with Gasteiger partial charge >= 0.3 is 0 Å². The van der Waals surface area contributed by atoms with Crippen LogP contribution < -0.4 is 4.74 Å². The van der Waals surface area contributed by atoms with Gasteiger partial charge in [0.15, 0.2) is 0 Å². The molecule has 4 aromatic rings. The molecule has 1 amide bonds. The van der Waals surface area contributed by atoms with Gasteiger partial charge < -0.3 is 19.2 Å². The molecule has 0 aliphatic carbocycles. The van der Waals surface area contributed by atoms with E-state index in [0.29, 0.717) is 29.6 Å². The molecule has 1 fully saturated rings. The monoisotopic (exact) mass is 521 g/mol. The smallest absolute Gasteiger partial charge is 0.296 e.